The standard InChI is InChI=1S/C12H14N4S/c1-8-4-5-17-12(8)10-2-3-11(16-15-10)14-9-6-13-7-9/h2-5,9,13H,6-7H2,1H3,(H,14,16). The first kappa shape index (κ1) is 10.7. The molecule has 1 fully saturated rings. The van der Waals surface area contributed by atoms with Gasteiger partial charge in [0, 0.05) is 13.1 Å². The molecule has 0 bridgehead atoms. The highest BCUT2D eigenvalue weighted by Crippen LogP contribution is 2.27. The summed E-state index contributed by atoms with van der Waals surface area (Å²) in [4.78, 5) is 1.20. The lowest BCUT2D eigenvalue weighted by Crippen LogP contribution is -2.51. The largest absolute Gasteiger partial charge is 0.363 e. The topological polar surface area (TPSA) is 49.8 Å². The Hall–Kier alpha value is -1.46. The fraction of sp³-hybridized carbons (Fsp3) is 0.333. The van der Waals surface area contributed by atoms with Crippen molar-refractivity contribution in [1.82, 2.24) is 15.5 Å². The first-order chi connectivity index (χ1) is 8.33. The molecule has 0 spiro atoms. The number of hydrogen-bond acceptors (Lipinski definition) is 5. The van der Waals surface area contributed by atoms with Crippen molar-refractivity contribution in [1.29, 1.82) is 0 Å². The number of nitrogens with zero attached hydrogens (tertiary/aromatic N) is 2. The third-order valence-electron chi connectivity index (χ3n) is 2.89. The highest BCUT2D eigenvalue weighted by molar-refractivity contribution is 7.13. The minimum atomic E-state index is 0.499. The van der Waals surface area contributed by atoms with Crippen molar-refractivity contribution in [3.8, 4) is 10.6 Å². The molecular formula is C12H14N4S. The number of nitrogens with one attached hydrogen (secondary N) is 2. The van der Waals surface area contributed by atoms with Gasteiger partial charge in [0.25, 0.3) is 0 Å². The van der Waals surface area contributed by atoms with Crippen molar-refractivity contribution in [2.45, 2.75) is 13.0 Å². The molecule has 0 amide bonds. The van der Waals surface area contributed by atoms with Gasteiger partial charge in [0.05, 0.1) is 10.9 Å². The van der Waals surface area contributed by atoms with Crippen LogP contribution >= 0.6 is 11.3 Å². The number of hydrogen-bond donors (Lipinski definition) is 2. The molecule has 1 aliphatic rings. The first-order valence-electron chi connectivity index (χ1n) is 5.68. The Kier molecular flexibility index (Phi) is 2.78. The summed E-state index contributed by atoms with van der Waals surface area (Å²) in [5.41, 5.74) is 2.21. The molecule has 0 radical (unpaired) electrons. The van der Waals surface area contributed by atoms with Gasteiger partial charge < -0.3 is 10.6 Å². The minimum Gasteiger partial charge on any atom is -0.363 e. The smallest absolute Gasteiger partial charge is 0.148 e. The van der Waals surface area contributed by atoms with Crippen LogP contribution < -0.4 is 10.6 Å². The van der Waals surface area contributed by atoms with Crippen LogP contribution in [0, 0.1) is 6.92 Å². The molecule has 0 aromatic carbocycles. The maximum absolute atomic E-state index is 4.27. The predicted octanol–water partition coefficient (Wildman–Crippen LogP) is 1.90. The molecule has 2 aromatic rings. The quantitative estimate of drug-likeness (QED) is 0.868. The van der Waals surface area contributed by atoms with E-state index >= 15 is 0 Å². The van der Waals surface area contributed by atoms with Gasteiger partial charge in [-0.3, -0.25) is 0 Å². The lowest BCUT2D eigenvalue weighted by molar-refractivity contribution is 0.470. The molecule has 0 aliphatic carbocycles. The number of aryl methyl sites for hydroxylation is 1. The van der Waals surface area contributed by atoms with Gasteiger partial charge in [-0.25, -0.2) is 0 Å². The van der Waals surface area contributed by atoms with E-state index in [4.69, 9.17) is 0 Å². The average Bonchev–Trinajstić information content (AvgIpc) is 2.71. The van der Waals surface area contributed by atoms with Crippen LogP contribution in [0.1, 0.15) is 5.56 Å². The lowest BCUT2D eigenvalue weighted by atomic mass is 10.2. The van der Waals surface area contributed by atoms with Gasteiger partial charge in [0.15, 0.2) is 0 Å². The molecule has 2 N–H and O–H groups in total. The summed E-state index contributed by atoms with van der Waals surface area (Å²) in [5.74, 6) is 0.856. The molecule has 0 saturated carbocycles. The zero-order chi connectivity index (χ0) is 11.7. The maximum Gasteiger partial charge on any atom is 0.148 e. The van der Waals surface area contributed by atoms with E-state index in [-0.39, 0.29) is 0 Å². The van der Waals surface area contributed by atoms with Crippen molar-refractivity contribution in [2.24, 2.45) is 0 Å². The van der Waals surface area contributed by atoms with Crippen LogP contribution in [-0.2, 0) is 0 Å². The normalized spacial score (nSPS) is 15.6. The average molecular weight is 246 g/mol. The van der Waals surface area contributed by atoms with E-state index in [1.165, 1.54) is 10.4 Å². The van der Waals surface area contributed by atoms with E-state index in [2.05, 4.69) is 39.2 Å². The second-order valence-corrected chi connectivity index (χ2v) is 5.15. The van der Waals surface area contributed by atoms with Crippen LogP contribution in [0.25, 0.3) is 10.6 Å². The van der Waals surface area contributed by atoms with Gasteiger partial charge in [0.2, 0.25) is 0 Å². The molecule has 3 rings (SSSR count). The van der Waals surface area contributed by atoms with Crippen LogP contribution in [-0.4, -0.2) is 29.3 Å². The fourth-order valence-corrected chi connectivity index (χ4v) is 2.66. The van der Waals surface area contributed by atoms with Gasteiger partial charge in [-0.1, -0.05) is 0 Å². The van der Waals surface area contributed by atoms with E-state index in [1.807, 2.05) is 12.1 Å². The summed E-state index contributed by atoms with van der Waals surface area (Å²) in [6, 6.07) is 6.63. The van der Waals surface area contributed by atoms with Crippen LogP contribution in [0.5, 0.6) is 0 Å². The fourth-order valence-electron chi connectivity index (χ4n) is 1.77. The molecule has 3 heterocycles. The molecule has 1 aliphatic heterocycles. The summed E-state index contributed by atoms with van der Waals surface area (Å²) >= 11 is 1.71. The zero-order valence-electron chi connectivity index (χ0n) is 9.60. The molecule has 5 heteroatoms. The summed E-state index contributed by atoms with van der Waals surface area (Å²) in [7, 11) is 0. The second kappa shape index (κ2) is 4.43. The van der Waals surface area contributed by atoms with Crippen LogP contribution in [0.2, 0.25) is 0 Å². The maximum atomic E-state index is 4.27. The number of anilines is 1. The van der Waals surface area contributed by atoms with Crippen molar-refractivity contribution in [2.75, 3.05) is 18.4 Å². The summed E-state index contributed by atoms with van der Waals surface area (Å²) in [6.45, 7) is 4.11. The summed E-state index contributed by atoms with van der Waals surface area (Å²) in [5, 5.41) is 17.1. The molecule has 17 heavy (non-hydrogen) atoms. The Balaban J connectivity index is 1.77. The van der Waals surface area contributed by atoms with Crippen LogP contribution in [0.4, 0.5) is 5.82 Å². The van der Waals surface area contributed by atoms with E-state index in [9.17, 15) is 0 Å². The molecule has 0 unspecified atom stereocenters. The third kappa shape index (κ3) is 2.16. The number of thiophene rings is 1. The summed E-state index contributed by atoms with van der Waals surface area (Å²) < 4.78 is 0. The Morgan fingerprint density at radius 3 is 2.71 bits per heavy atom. The van der Waals surface area contributed by atoms with E-state index < -0.39 is 0 Å². The predicted molar refractivity (Wildman–Crippen MR) is 70.4 cm³/mol. The second-order valence-electron chi connectivity index (χ2n) is 4.24. The van der Waals surface area contributed by atoms with Crippen LogP contribution in [0.3, 0.4) is 0 Å². The highest BCUT2D eigenvalue weighted by atomic mass is 32.1. The SMILES string of the molecule is Cc1ccsc1-c1ccc(NC2CNC2)nn1. The molecule has 1 saturated heterocycles. The third-order valence-corrected chi connectivity index (χ3v) is 3.93. The summed E-state index contributed by atoms with van der Waals surface area (Å²) in [6.07, 6.45) is 0. The molecule has 0 atom stereocenters. The van der Waals surface area contributed by atoms with Gasteiger partial charge in [0.1, 0.15) is 11.5 Å². The highest BCUT2D eigenvalue weighted by Gasteiger charge is 2.16. The van der Waals surface area contributed by atoms with Gasteiger partial charge >= 0.3 is 0 Å². The monoisotopic (exact) mass is 246 g/mol. The van der Waals surface area contributed by atoms with Crippen molar-refractivity contribution in [3.63, 3.8) is 0 Å². The Labute approximate surface area is 104 Å². The Morgan fingerprint density at radius 2 is 2.18 bits per heavy atom. The molecular weight excluding hydrogens is 232 g/mol. The van der Waals surface area contributed by atoms with Gasteiger partial charge in [-0.2, -0.15) is 0 Å². The Morgan fingerprint density at radius 1 is 1.29 bits per heavy atom. The first-order valence-corrected chi connectivity index (χ1v) is 6.56. The zero-order valence-corrected chi connectivity index (χ0v) is 10.4. The minimum absolute atomic E-state index is 0.499. The van der Waals surface area contributed by atoms with E-state index in [0.717, 1.165) is 24.6 Å². The Bertz CT molecular complexity index is 501. The van der Waals surface area contributed by atoms with E-state index in [1.54, 1.807) is 11.3 Å². The van der Waals surface area contributed by atoms with Crippen molar-refractivity contribution >= 4 is 17.2 Å². The molecule has 4 nitrogen and oxygen atoms in total. The van der Waals surface area contributed by atoms with Crippen molar-refractivity contribution < 1.29 is 0 Å². The molecule has 2 aromatic heterocycles. The molecule has 88 valence electrons. The lowest BCUT2D eigenvalue weighted by Gasteiger charge is -2.28. The number of rotatable bonds is 3. The van der Waals surface area contributed by atoms with Crippen molar-refractivity contribution in [3.05, 3.63) is 29.1 Å². The van der Waals surface area contributed by atoms with Crippen LogP contribution in [0.15, 0.2) is 23.6 Å². The van der Waals surface area contributed by atoms with E-state index in [0.29, 0.717) is 6.04 Å². The van der Waals surface area contributed by atoms with Gasteiger partial charge in [-0.15, -0.1) is 21.5 Å². The van der Waals surface area contributed by atoms with Gasteiger partial charge in [-0.05, 0) is 36.1 Å². The number of aromatic nitrogens is 2.